The summed E-state index contributed by atoms with van der Waals surface area (Å²) in [7, 11) is 2.19. The minimum absolute atomic E-state index is 0.0987. The molecule has 5 heterocycles. The van der Waals surface area contributed by atoms with Gasteiger partial charge in [-0.25, -0.2) is 4.98 Å². The van der Waals surface area contributed by atoms with Gasteiger partial charge in [0.05, 0.1) is 46.3 Å². The van der Waals surface area contributed by atoms with E-state index in [9.17, 15) is 19.2 Å². The van der Waals surface area contributed by atoms with Crippen LogP contribution in [0.5, 0.6) is 0 Å². The predicted molar refractivity (Wildman–Crippen MR) is 183 cm³/mol. The molecule has 2 aromatic heterocycles. The summed E-state index contributed by atoms with van der Waals surface area (Å²) in [6, 6.07) is 10.9. The Bertz CT molecular complexity index is 1960. The number of hydrogen-bond donors (Lipinski definition) is 2. The van der Waals surface area contributed by atoms with Crippen molar-refractivity contribution in [2.24, 2.45) is 5.92 Å². The van der Waals surface area contributed by atoms with E-state index in [-0.39, 0.29) is 29.9 Å². The molecule has 0 radical (unpaired) electrons. The fourth-order valence-electron chi connectivity index (χ4n) is 7.88. The average molecular weight is 661 g/mol. The number of piperidine rings is 2. The van der Waals surface area contributed by atoms with Crippen LogP contribution in [0.3, 0.4) is 0 Å². The Morgan fingerprint density at radius 2 is 1.78 bits per heavy atom. The molecule has 12 heteroatoms. The number of para-hydroxylation sites is 1. The van der Waals surface area contributed by atoms with Crippen molar-refractivity contribution in [1.29, 1.82) is 0 Å². The van der Waals surface area contributed by atoms with Crippen LogP contribution >= 0.6 is 0 Å². The second-order valence-corrected chi connectivity index (χ2v) is 14.0. The van der Waals surface area contributed by atoms with E-state index in [4.69, 9.17) is 9.97 Å². The molecular weight excluding hydrogens is 620 g/mol. The number of fused-ring (bicyclic) bond motifs is 2. The Labute approximate surface area is 284 Å². The monoisotopic (exact) mass is 660 g/mol. The highest BCUT2D eigenvalue weighted by Crippen LogP contribution is 2.41. The second-order valence-electron chi connectivity index (χ2n) is 14.0. The van der Waals surface area contributed by atoms with Gasteiger partial charge in [-0.1, -0.05) is 12.1 Å². The zero-order valence-corrected chi connectivity index (χ0v) is 27.6. The van der Waals surface area contributed by atoms with Gasteiger partial charge in [0, 0.05) is 30.4 Å². The van der Waals surface area contributed by atoms with Gasteiger partial charge in [0.2, 0.25) is 11.8 Å². The molecule has 8 rings (SSSR count). The Balaban J connectivity index is 0.818. The number of nitrogens with one attached hydrogen (secondary N) is 2. The zero-order valence-electron chi connectivity index (χ0n) is 27.6. The largest absolute Gasteiger partial charge is 0.385 e. The van der Waals surface area contributed by atoms with Crippen LogP contribution in [0.2, 0.25) is 0 Å². The molecule has 252 valence electrons. The van der Waals surface area contributed by atoms with Crippen molar-refractivity contribution in [3.05, 3.63) is 71.7 Å². The molecule has 4 aliphatic rings. The van der Waals surface area contributed by atoms with Crippen molar-refractivity contribution in [3.8, 4) is 11.3 Å². The van der Waals surface area contributed by atoms with Crippen molar-refractivity contribution in [2.45, 2.75) is 69.4 Å². The predicted octanol–water partition coefficient (Wildman–Crippen LogP) is 4.55. The molecule has 2 N–H and O–H groups in total. The van der Waals surface area contributed by atoms with Gasteiger partial charge in [-0.3, -0.25) is 39.1 Å². The Morgan fingerprint density at radius 1 is 0.959 bits per heavy atom. The molecule has 2 saturated heterocycles. The number of benzene rings is 2. The lowest BCUT2D eigenvalue weighted by molar-refractivity contribution is -0.136. The summed E-state index contributed by atoms with van der Waals surface area (Å²) in [4.78, 5) is 63.1. The molecule has 4 amide bonds. The van der Waals surface area contributed by atoms with Gasteiger partial charge in [-0.2, -0.15) is 5.10 Å². The van der Waals surface area contributed by atoms with E-state index in [0.29, 0.717) is 17.9 Å². The summed E-state index contributed by atoms with van der Waals surface area (Å²) in [6.45, 7) is 2.97. The summed E-state index contributed by atoms with van der Waals surface area (Å²) in [6.07, 6.45) is 12.6. The molecule has 1 aliphatic carbocycles. The molecule has 3 fully saturated rings. The third-order valence-corrected chi connectivity index (χ3v) is 10.8. The van der Waals surface area contributed by atoms with E-state index in [2.05, 4.69) is 56.8 Å². The quantitative estimate of drug-likeness (QED) is 0.195. The summed E-state index contributed by atoms with van der Waals surface area (Å²) < 4.78 is 2.08. The average Bonchev–Trinajstić information content (AvgIpc) is 3.66. The summed E-state index contributed by atoms with van der Waals surface area (Å²) in [5.74, 6) is -0.828. The number of anilines is 1. The fraction of sp³-hybridized carbons (Fsp3) is 0.432. The molecule has 1 saturated carbocycles. The van der Waals surface area contributed by atoms with E-state index >= 15 is 0 Å². The first-order chi connectivity index (χ1) is 23.8. The fourth-order valence-corrected chi connectivity index (χ4v) is 7.88. The standard InChI is InChI=1S/C37H40N8O4/c1-43-14-11-23(12-15-43)27-5-2-6-30-34(27)39-20-31(41-30)24-19-40-44(21-24)26-16-22(17-26)4-3-13-38-25-7-8-28-29(18-25)37(49)45(36(28)48)32-9-10-33(46)42-35(32)47/h2,5-8,18-23,26,32,38H,3-4,9-17H2,1H3,(H,42,46,47). The van der Waals surface area contributed by atoms with Crippen LogP contribution < -0.4 is 10.6 Å². The van der Waals surface area contributed by atoms with Gasteiger partial charge in [-0.05, 0) is 107 Å². The maximum Gasteiger partial charge on any atom is 0.262 e. The number of rotatable bonds is 9. The molecule has 49 heavy (non-hydrogen) atoms. The molecule has 1 unspecified atom stereocenters. The van der Waals surface area contributed by atoms with E-state index in [1.165, 1.54) is 5.56 Å². The normalized spacial score (nSPS) is 23.1. The van der Waals surface area contributed by atoms with Gasteiger partial charge < -0.3 is 10.2 Å². The van der Waals surface area contributed by atoms with Crippen molar-refractivity contribution < 1.29 is 19.2 Å². The molecule has 1 atom stereocenters. The SMILES string of the molecule is CN1CCC(c2cccc3nc(-c4cnn(C5CC(CCCNc6ccc7c(c6)C(=O)N(C6CCC(=O)NC6=O)C7=O)C5)c4)cnc23)CC1. The van der Waals surface area contributed by atoms with E-state index in [1.54, 1.807) is 18.2 Å². The van der Waals surface area contributed by atoms with E-state index < -0.39 is 23.8 Å². The first-order valence-corrected chi connectivity index (χ1v) is 17.4. The molecule has 2 aromatic carbocycles. The number of amides is 4. The summed E-state index contributed by atoms with van der Waals surface area (Å²) in [5.41, 5.74) is 6.43. The van der Waals surface area contributed by atoms with Crippen LogP contribution in [0.1, 0.15) is 89.6 Å². The molecule has 4 aromatic rings. The minimum atomic E-state index is -0.962. The van der Waals surface area contributed by atoms with Crippen LogP contribution in [0.4, 0.5) is 5.69 Å². The Hall–Kier alpha value is -4.97. The van der Waals surface area contributed by atoms with E-state index in [1.807, 2.05) is 12.4 Å². The zero-order chi connectivity index (χ0) is 33.6. The van der Waals surface area contributed by atoms with Crippen LogP contribution in [0, 0.1) is 5.92 Å². The summed E-state index contributed by atoms with van der Waals surface area (Å²) >= 11 is 0. The Morgan fingerprint density at radius 3 is 2.59 bits per heavy atom. The lowest BCUT2D eigenvalue weighted by atomic mass is 9.77. The van der Waals surface area contributed by atoms with Crippen molar-refractivity contribution in [3.63, 3.8) is 0 Å². The van der Waals surface area contributed by atoms with Gasteiger partial charge in [0.1, 0.15) is 6.04 Å². The molecule has 12 nitrogen and oxygen atoms in total. The second kappa shape index (κ2) is 12.8. The van der Waals surface area contributed by atoms with Crippen molar-refractivity contribution >= 4 is 40.3 Å². The minimum Gasteiger partial charge on any atom is -0.385 e. The molecule has 0 spiro atoms. The van der Waals surface area contributed by atoms with Crippen LogP contribution in [0.25, 0.3) is 22.3 Å². The number of nitrogens with zero attached hydrogens (tertiary/aromatic N) is 6. The lowest BCUT2D eigenvalue weighted by Gasteiger charge is -2.35. The number of carbonyl (C=O) groups excluding carboxylic acids is 4. The number of imide groups is 2. The van der Waals surface area contributed by atoms with Gasteiger partial charge >= 0.3 is 0 Å². The number of likely N-dealkylation sites (tertiary alicyclic amines) is 1. The van der Waals surface area contributed by atoms with Crippen LogP contribution in [-0.2, 0) is 9.59 Å². The molecule has 3 aliphatic heterocycles. The lowest BCUT2D eigenvalue weighted by Crippen LogP contribution is -2.54. The highest BCUT2D eigenvalue weighted by molar-refractivity contribution is 6.23. The maximum absolute atomic E-state index is 13.1. The van der Waals surface area contributed by atoms with Gasteiger partial charge in [0.25, 0.3) is 11.8 Å². The van der Waals surface area contributed by atoms with Crippen molar-refractivity contribution in [1.82, 2.24) is 34.9 Å². The van der Waals surface area contributed by atoms with E-state index in [0.717, 1.165) is 91.0 Å². The first-order valence-electron chi connectivity index (χ1n) is 17.4. The number of aromatic nitrogens is 4. The Kier molecular flexibility index (Phi) is 8.18. The first kappa shape index (κ1) is 31.3. The van der Waals surface area contributed by atoms with Crippen LogP contribution in [-0.4, -0.2) is 85.9 Å². The maximum atomic E-state index is 13.1. The van der Waals surface area contributed by atoms with Gasteiger partial charge in [-0.15, -0.1) is 0 Å². The highest BCUT2D eigenvalue weighted by Gasteiger charge is 2.44. The highest BCUT2D eigenvalue weighted by atomic mass is 16.2. The molecular formula is C37H40N8O4. The third kappa shape index (κ3) is 5.98. The third-order valence-electron chi connectivity index (χ3n) is 10.8. The number of carbonyl (C=O) groups is 4. The summed E-state index contributed by atoms with van der Waals surface area (Å²) in [5, 5.41) is 10.3. The topological polar surface area (TPSA) is 142 Å². The number of hydrogen-bond acceptors (Lipinski definition) is 9. The van der Waals surface area contributed by atoms with Gasteiger partial charge in [0.15, 0.2) is 0 Å². The van der Waals surface area contributed by atoms with Crippen LogP contribution in [0.15, 0.2) is 55.0 Å². The molecule has 0 bridgehead atoms. The van der Waals surface area contributed by atoms with Crippen molar-refractivity contribution in [2.75, 3.05) is 32.0 Å². The smallest absolute Gasteiger partial charge is 0.262 e.